The fourth-order valence-electron chi connectivity index (χ4n) is 4.99. The first-order valence-electron chi connectivity index (χ1n) is 13.0. The average molecular weight is 525 g/mol. The Morgan fingerprint density at radius 1 is 1.11 bits per heavy atom. The minimum absolute atomic E-state index is 0.0277. The summed E-state index contributed by atoms with van der Waals surface area (Å²) < 4.78 is 10.5. The largest absolute Gasteiger partial charge is 0.464 e. The van der Waals surface area contributed by atoms with Gasteiger partial charge in [0.1, 0.15) is 12.6 Å². The Balaban J connectivity index is 1.47. The van der Waals surface area contributed by atoms with Gasteiger partial charge in [-0.2, -0.15) is 0 Å². The van der Waals surface area contributed by atoms with Crippen LogP contribution in [0.2, 0.25) is 0 Å². The molecule has 0 radical (unpaired) electrons. The van der Waals surface area contributed by atoms with Crippen LogP contribution < -0.4 is 20.6 Å². The van der Waals surface area contributed by atoms with Crippen LogP contribution in [0.25, 0.3) is 0 Å². The Kier molecular flexibility index (Phi) is 8.73. The molecule has 2 N–H and O–H groups in total. The third-order valence-electron chi connectivity index (χ3n) is 6.93. The first kappa shape index (κ1) is 27.3. The Morgan fingerprint density at radius 3 is 2.53 bits per heavy atom. The molecule has 2 aromatic carbocycles. The Hall–Kier alpha value is -3.79. The Bertz CT molecular complexity index is 1160. The summed E-state index contributed by atoms with van der Waals surface area (Å²) in [6, 6.07) is 12.4. The van der Waals surface area contributed by atoms with Gasteiger partial charge in [-0.3, -0.25) is 20.0 Å². The number of hydrogen-bond acceptors (Lipinski definition) is 8. The highest BCUT2D eigenvalue weighted by Crippen LogP contribution is 2.35. The van der Waals surface area contributed by atoms with E-state index >= 15 is 0 Å². The van der Waals surface area contributed by atoms with E-state index in [1.807, 2.05) is 44.2 Å². The molecule has 0 bridgehead atoms. The molecule has 10 heteroatoms. The quantitative estimate of drug-likeness (QED) is 0.373. The van der Waals surface area contributed by atoms with E-state index in [1.54, 1.807) is 24.0 Å². The molecule has 204 valence electrons. The molecule has 4 rings (SSSR count). The van der Waals surface area contributed by atoms with Crippen molar-refractivity contribution < 1.29 is 28.7 Å². The molecule has 1 atom stereocenters. The van der Waals surface area contributed by atoms with E-state index in [4.69, 9.17) is 14.3 Å². The predicted octanol–water partition coefficient (Wildman–Crippen LogP) is 4.10. The first-order chi connectivity index (χ1) is 18.3. The molecular formula is C28H36N4O6. The van der Waals surface area contributed by atoms with Crippen molar-refractivity contribution in [2.45, 2.75) is 52.3 Å². The maximum Gasteiger partial charge on any atom is 0.414 e. The van der Waals surface area contributed by atoms with Gasteiger partial charge in [0.05, 0.1) is 30.8 Å². The number of rotatable bonds is 9. The van der Waals surface area contributed by atoms with Gasteiger partial charge in [0.2, 0.25) is 0 Å². The van der Waals surface area contributed by atoms with Crippen molar-refractivity contribution in [3.05, 3.63) is 53.6 Å². The number of nitrogens with zero attached hydrogens (tertiary/aromatic N) is 2. The monoisotopic (exact) mass is 524 g/mol. The van der Waals surface area contributed by atoms with E-state index in [0.717, 1.165) is 29.8 Å². The molecule has 2 aliphatic rings. The fourth-order valence-corrected chi connectivity index (χ4v) is 4.99. The summed E-state index contributed by atoms with van der Waals surface area (Å²) in [5, 5.41) is 2.80. The first-order valence-corrected chi connectivity index (χ1v) is 13.0. The number of ether oxygens (including phenoxy) is 2. The van der Waals surface area contributed by atoms with Crippen LogP contribution in [0, 0.1) is 5.92 Å². The van der Waals surface area contributed by atoms with Crippen molar-refractivity contribution >= 4 is 35.0 Å². The summed E-state index contributed by atoms with van der Waals surface area (Å²) in [5.41, 5.74) is 6.73. The number of cyclic esters (lactones) is 1. The van der Waals surface area contributed by atoms with Gasteiger partial charge in [-0.25, -0.2) is 9.59 Å². The zero-order chi connectivity index (χ0) is 27.2. The van der Waals surface area contributed by atoms with Crippen LogP contribution in [-0.4, -0.2) is 56.9 Å². The van der Waals surface area contributed by atoms with Gasteiger partial charge in [-0.15, -0.1) is 0 Å². The van der Waals surface area contributed by atoms with E-state index in [1.165, 1.54) is 7.11 Å². The SMILES string of the molecule is CCOC(=O)[C@@H](NC(=O)c1ccc(N2CCC(N3C(=O)OCc4ccccc43)CC2)c(NOC)c1)C(C)C. The minimum atomic E-state index is -0.744. The van der Waals surface area contributed by atoms with Crippen LogP contribution in [0.4, 0.5) is 21.9 Å². The van der Waals surface area contributed by atoms with Crippen molar-refractivity contribution in [2.24, 2.45) is 5.92 Å². The molecule has 38 heavy (non-hydrogen) atoms. The summed E-state index contributed by atoms with van der Waals surface area (Å²) in [6.07, 6.45) is 1.21. The normalized spacial score (nSPS) is 16.5. The number of para-hydroxylation sites is 1. The predicted molar refractivity (Wildman–Crippen MR) is 144 cm³/mol. The fraction of sp³-hybridized carbons (Fsp3) is 0.464. The minimum Gasteiger partial charge on any atom is -0.464 e. The summed E-state index contributed by atoms with van der Waals surface area (Å²) in [6.45, 7) is 7.41. The maximum atomic E-state index is 13.0. The molecule has 0 spiro atoms. The van der Waals surface area contributed by atoms with Crippen molar-refractivity contribution in [3.8, 4) is 0 Å². The van der Waals surface area contributed by atoms with E-state index in [0.29, 0.717) is 30.9 Å². The Labute approximate surface area is 223 Å². The van der Waals surface area contributed by atoms with Gasteiger partial charge in [-0.1, -0.05) is 32.0 Å². The topological polar surface area (TPSA) is 109 Å². The second kappa shape index (κ2) is 12.2. The van der Waals surface area contributed by atoms with Gasteiger partial charge < -0.3 is 19.7 Å². The number of amides is 2. The van der Waals surface area contributed by atoms with Crippen molar-refractivity contribution in [1.82, 2.24) is 5.32 Å². The number of carbonyl (C=O) groups excluding carboxylic acids is 3. The molecular weight excluding hydrogens is 488 g/mol. The highest BCUT2D eigenvalue weighted by atomic mass is 16.6. The third-order valence-corrected chi connectivity index (χ3v) is 6.93. The van der Waals surface area contributed by atoms with Crippen LogP contribution in [-0.2, 0) is 25.7 Å². The molecule has 2 heterocycles. The van der Waals surface area contributed by atoms with Gasteiger partial charge >= 0.3 is 12.1 Å². The number of anilines is 3. The molecule has 0 saturated carbocycles. The van der Waals surface area contributed by atoms with E-state index in [-0.39, 0.29) is 30.6 Å². The lowest BCUT2D eigenvalue weighted by molar-refractivity contribution is -0.146. The maximum absolute atomic E-state index is 13.0. The number of hydrogen-bond donors (Lipinski definition) is 2. The number of benzene rings is 2. The molecule has 0 aromatic heterocycles. The summed E-state index contributed by atoms with van der Waals surface area (Å²) in [4.78, 5) is 47.1. The van der Waals surface area contributed by atoms with Crippen molar-refractivity contribution in [1.29, 1.82) is 0 Å². The summed E-state index contributed by atoms with van der Waals surface area (Å²) in [5.74, 6) is -0.950. The number of carbonyl (C=O) groups is 3. The van der Waals surface area contributed by atoms with Crippen LogP contribution in [0.15, 0.2) is 42.5 Å². The van der Waals surface area contributed by atoms with Crippen molar-refractivity contribution in [2.75, 3.05) is 42.1 Å². The molecule has 2 aromatic rings. The molecule has 2 amide bonds. The summed E-state index contributed by atoms with van der Waals surface area (Å²) >= 11 is 0. The highest BCUT2D eigenvalue weighted by Gasteiger charge is 2.34. The number of nitrogens with one attached hydrogen (secondary N) is 2. The highest BCUT2D eigenvalue weighted by molar-refractivity contribution is 5.98. The molecule has 10 nitrogen and oxygen atoms in total. The van der Waals surface area contributed by atoms with Crippen molar-refractivity contribution in [3.63, 3.8) is 0 Å². The van der Waals surface area contributed by atoms with Gasteiger partial charge in [0, 0.05) is 30.3 Å². The second-order valence-corrected chi connectivity index (χ2v) is 9.76. The smallest absolute Gasteiger partial charge is 0.414 e. The molecule has 2 aliphatic heterocycles. The second-order valence-electron chi connectivity index (χ2n) is 9.76. The molecule has 1 fully saturated rings. The third kappa shape index (κ3) is 5.85. The van der Waals surface area contributed by atoms with E-state index < -0.39 is 12.0 Å². The lowest BCUT2D eigenvalue weighted by atomic mass is 9.99. The van der Waals surface area contributed by atoms with Gasteiger partial charge in [-0.05, 0) is 49.9 Å². The van der Waals surface area contributed by atoms with Gasteiger partial charge in [0.15, 0.2) is 0 Å². The molecule has 0 unspecified atom stereocenters. The zero-order valence-electron chi connectivity index (χ0n) is 22.4. The Morgan fingerprint density at radius 2 is 1.84 bits per heavy atom. The number of fused-ring (bicyclic) bond motifs is 1. The average Bonchev–Trinajstić information content (AvgIpc) is 2.92. The number of piperidine rings is 1. The van der Waals surface area contributed by atoms with Crippen LogP contribution in [0.5, 0.6) is 0 Å². The van der Waals surface area contributed by atoms with Gasteiger partial charge in [0.25, 0.3) is 5.91 Å². The van der Waals surface area contributed by atoms with Crippen LogP contribution in [0.1, 0.15) is 49.5 Å². The zero-order valence-corrected chi connectivity index (χ0v) is 22.4. The lowest BCUT2D eigenvalue weighted by Gasteiger charge is -2.41. The molecule has 0 aliphatic carbocycles. The van der Waals surface area contributed by atoms with E-state index in [9.17, 15) is 14.4 Å². The van der Waals surface area contributed by atoms with E-state index in [2.05, 4.69) is 15.7 Å². The van der Waals surface area contributed by atoms with Crippen LogP contribution in [0.3, 0.4) is 0 Å². The number of esters is 1. The summed E-state index contributed by atoms with van der Waals surface area (Å²) in [7, 11) is 1.51. The molecule has 1 saturated heterocycles. The standard InChI is InChI=1S/C28H36N4O6/c1-5-37-27(34)25(18(2)3)29-26(33)19-10-11-24(22(16-19)30-36-4)31-14-12-21(13-15-31)32-23-9-7-6-8-20(23)17-38-28(32)35/h6-11,16,18,21,25,30H,5,12-15,17H2,1-4H3,(H,29,33)/t25-/m0/s1. The van der Waals surface area contributed by atoms with Crippen LogP contribution >= 0.6 is 0 Å². The lowest BCUT2D eigenvalue weighted by Crippen LogP contribution is -2.49.